The lowest BCUT2D eigenvalue weighted by atomic mass is 10.0. The zero-order valence-electron chi connectivity index (χ0n) is 17.2. The van der Waals surface area contributed by atoms with Crippen LogP contribution in [0.15, 0.2) is 65.8 Å². The summed E-state index contributed by atoms with van der Waals surface area (Å²) in [6, 6.07) is 19.1. The summed E-state index contributed by atoms with van der Waals surface area (Å²) in [6.07, 6.45) is 1.50. The lowest BCUT2D eigenvalue weighted by Crippen LogP contribution is -2.48. The largest absolute Gasteiger partial charge is 0.507 e. The van der Waals surface area contributed by atoms with E-state index < -0.39 is 0 Å². The minimum atomic E-state index is -0.171. The average molecular weight is 437 g/mol. The minimum Gasteiger partial charge on any atom is -0.507 e. The van der Waals surface area contributed by atoms with Gasteiger partial charge < -0.3 is 5.11 Å². The summed E-state index contributed by atoms with van der Waals surface area (Å²) >= 11 is 6.26. The molecule has 6 nitrogen and oxygen atoms in total. The number of hydrogen-bond donors (Lipinski definition) is 2. The third-order valence-corrected chi connectivity index (χ3v) is 5.88. The van der Waals surface area contributed by atoms with Gasteiger partial charge in [-0.2, -0.15) is 5.10 Å². The highest BCUT2D eigenvalue weighted by Crippen LogP contribution is 2.25. The van der Waals surface area contributed by atoms with E-state index in [1.807, 2.05) is 54.6 Å². The summed E-state index contributed by atoms with van der Waals surface area (Å²) in [4.78, 5) is 16.8. The minimum absolute atomic E-state index is 0.131. The maximum atomic E-state index is 12.3. The first-order chi connectivity index (χ1) is 15.1. The van der Waals surface area contributed by atoms with E-state index in [0.717, 1.165) is 54.1 Å². The quantitative estimate of drug-likeness (QED) is 0.458. The van der Waals surface area contributed by atoms with Crippen LogP contribution in [0.5, 0.6) is 5.75 Å². The number of benzene rings is 3. The molecular weight excluding hydrogens is 412 g/mol. The average Bonchev–Trinajstić information content (AvgIpc) is 2.78. The second kappa shape index (κ2) is 9.92. The van der Waals surface area contributed by atoms with Gasteiger partial charge >= 0.3 is 0 Å². The van der Waals surface area contributed by atoms with Gasteiger partial charge in [0, 0.05) is 43.3 Å². The Labute approximate surface area is 186 Å². The third kappa shape index (κ3) is 5.41. The zero-order chi connectivity index (χ0) is 21.6. The molecule has 2 N–H and O–H groups in total. The zero-order valence-corrected chi connectivity index (χ0v) is 17.9. The number of fused-ring (bicyclic) bond motifs is 1. The standard InChI is InChI=1S/C24H25ClN4O2/c25-22-8-4-2-6-19(22)16-28-11-13-29(14-12-28)17-24(31)27-26-15-21-20-7-3-1-5-18(20)9-10-23(21)30/h1-10,15,30H,11-14,16-17H2,(H,27,31)/b26-15+. The number of carbonyl (C=O) groups is 1. The number of hydrazone groups is 1. The first-order valence-electron chi connectivity index (χ1n) is 10.3. The second-order valence-corrected chi connectivity index (χ2v) is 8.06. The maximum absolute atomic E-state index is 12.3. The molecule has 0 radical (unpaired) electrons. The smallest absolute Gasteiger partial charge is 0.254 e. The number of phenolic OH excluding ortho intramolecular Hbond substituents is 1. The van der Waals surface area contributed by atoms with Crippen molar-refractivity contribution < 1.29 is 9.90 Å². The van der Waals surface area contributed by atoms with Gasteiger partial charge in [0.25, 0.3) is 5.91 Å². The van der Waals surface area contributed by atoms with E-state index in [-0.39, 0.29) is 11.7 Å². The number of halogens is 1. The summed E-state index contributed by atoms with van der Waals surface area (Å²) in [5.74, 6) is -0.0399. The van der Waals surface area contributed by atoms with Gasteiger partial charge in [0.2, 0.25) is 0 Å². The lowest BCUT2D eigenvalue weighted by molar-refractivity contribution is -0.122. The lowest BCUT2D eigenvalue weighted by Gasteiger charge is -2.34. The second-order valence-electron chi connectivity index (χ2n) is 7.66. The Morgan fingerprint density at radius 1 is 1.00 bits per heavy atom. The Balaban J connectivity index is 1.27. The van der Waals surface area contributed by atoms with E-state index in [2.05, 4.69) is 20.3 Å². The number of nitrogens with one attached hydrogen (secondary N) is 1. The highest BCUT2D eigenvalue weighted by atomic mass is 35.5. The number of piperazine rings is 1. The van der Waals surface area contributed by atoms with Crippen LogP contribution in [0.4, 0.5) is 0 Å². The Bertz CT molecular complexity index is 1090. The van der Waals surface area contributed by atoms with Crippen LogP contribution < -0.4 is 5.43 Å². The topological polar surface area (TPSA) is 68.2 Å². The van der Waals surface area contributed by atoms with Crippen molar-refractivity contribution in [3.8, 4) is 5.75 Å². The molecule has 7 heteroatoms. The molecule has 0 spiro atoms. The van der Waals surface area contributed by atoms with Gasteiger partial charge in [-0.3, -0.25) is 14.6 Å². The first-order valence-corrected chi connectivity index (χ1v) is 10.7. The number of phenols is 1. The van der Waals surface area contributed by atoms with Crippen molar-refractivity contribution in [3.63, 3.8) is 0 Å². The van der Waals surface area contributed by atoms with E-state index >= 15 is 0 Å². The molecule has 0 aromatic heterocycles. The van der Waals surface area contributed by atoms with E-state index in [1.54, 1.807) is 6.07 Å². The summed E-state index contributed by atoms with van der Waals surface area (Å²) in [6.45, 7) is 4.49. The van der Waals surface area contributed by atoms with Crippen LogP contribution in [0.25, 0.3) is 10.8 Å². The molecule has 1 saturated heterocycles. The Morgan fingerprint density at radius 3 is 2.52 bits per heavy atom. The fourth-order valence-corrected chi connectivity index (χ4v) is 4.00. The number of rotatable bonds is 6. The van der Waals surface area contributed by atoms with E-state index in [0.29, 0.717) is 12.1 Å². The van der Waals surface area contributed by atoms with Crippen LogP contribution in [0, 0.1) is 0 Å². The van der Waals surface area contributed by atoms with Crippen LogP contribution in [0.3, 0.4) is 0 Å². The molecule has 160 valence electrons. The van der Waals surface area contributed by atoms with Crippen molar-refractivity contribution in [3.05, 3.63) is 76.8 Å². The summed E-state index contributed by atoms with van der Waals surface area (Å²) in [7, 11) is 0. The summed E-state index contributed by atoms with van der Waals surface area (Å²) in [5, 5.41) is 16.9. The molecule has 1 aliphatic rings. The highest BCUT2D eigenvalue weighted by Gasteiger charge is 2.19. The molecule has 1 amide bonds. The molecule has 1 fully saturated rings. The molecule has 1 heterocycles. The molecule has 0 unspecified atom stereocenters. The van der Waals surface area contributed by atoms with E-state index in [9.17, 15) is 9.90 Å². The number of hydrogen-bond acceptors (Lipinski definition) is 5. The molecule has 4 rings (SSSR count). The monoisotopic (exact) mass is 436 g/mol. The highest BCUT2D eigenvalue weighted by molar-refractivity contribution is 6.31. The van der Waals surface area contributed by atoms with Gasteiger partial charge in [-0.25, -0.2) is 5.43 Å². The normalized spacial score (nSPS) is 15.5. The van der Waals surface area contributed by atoms with Gasteiger partial charge in [0.1, 0.15) is 5.75 Å². The van der Waals surface area contributed by atoms with Crippen LogP contribution in [0.2, 0.25) is 5.02 Å². The van der Waals surface area contributed by atoms with E-state index in [4.69, 9.17) is 11.6 Å². The van der Waals surface area contributed by atoms with Gasteiger partial charge in [0.15, 0.2) is 0 Å². The summed E-state index contributed by atoms with van der Waals surface area (Å²) in [5.41, 5.74) is 4.29. The van der Waals surface area contributed by atoms with Crippen LogP contribution in [-0.4, -0.2) is 59.8 Å². The Hall–Kier alpha value is -2.93. The molecule has 0 aliphatic carbocycles. The van der Waals surface area contributed by atoms with Crippen molar-refractivity contribution >= 4 is 34.5 Å². The van der Waals surface area contributed by atoms with Gasteiger partial charge in [-0.05, 0) is 28.5 Å². The van der Waals surface area contributed by atoms with Crippen molar-refractivity contribution in [2.75, 3.05) is 32.7 Å². The van der Waals surface area contributed by atoms with Crippen LogP contribution >= 0.6 is 11.6 Å². The predicted molar refractivity (Wildman–Crippen MR) is 125 cm³/mol. The fourth-order valence-electron chi connectivity index (χ4n) is 3.80. The SMILES string of the molecule is O=C(CN1CCN(Cc2ccccc2Cl)CC1)N/N=C/c1c(O)ccc2ccccc12. The molecule has 31 heavy (non-hydrogen) atoms. The number of carbonyl (C=O) groups excluding carboxylic acids is 1. The molecule has 1 aliphatic heterocycles. The van der Waals surface area contributed by atoms with Crippen LogP contribution in [-0.2, 0) is 11.3 Å². The number of nitrogens with zero attached hydrogens (tertiary/aromatic N) is 3. The van der Waals surface area contributed by atoms with Crippen molar-refractivity contribution in [2.45, 2.75) is 6.54 Å². The molecule has 0 atom stereocenters. The number of amides is 1. The predicted octanol–water partition coefficient (Wildman–Crippen LogP) is 3.47. The first kappa shape index (κ1) is 21.3. The molecule has 0 bridgehead atoms. The van der Waals surface area contributed by atoms with E-state index in [1.165, 1.54) is 6.21 Å². The van der Waals surface area contributed by atoms with Crippen molar-refractivity contribution in [1.29, 1.82) is 0 Å². The molecular formula is C24H25ClN4O2. The Morgan fingerprint density at radius 2 is 1.71 bits per heavy atom. The molecule has 3 aromatic carbocycles. The molecule has 0 saturated carbocycles. The van der Waals surface area contributed by atoms with Gasteiger partial charge in [0.05, 0.1) is 12.8 Å². The third-order valence-electron chi connectivity index (χ3n) is 5.51. The maximum Gasteiger partial charge on any atom is 0.254 e. The van der Waals surface area contributed by atoms with Gasteiger partial charge in [-0.1, -0.05) is 60.1 Å². The van der Waals surface area contributed by atoms with Gasteiger partial charge in [-0.15, -0.1) is 0 Å². The molecule has 3 aromatic rings. The van der Waals surface area contributed by atoms with Crippen LogP contribution in [0.1, 0.15) is 11.1 Å². The Kier molecular flexibility index (Phi) is 6.82. The summed E-state index contributed by atoms with van der Waals surface area (Å²) < 4.78 is 0. The van der Waals surface area contributed by atoms with Crippen molar-refractivity contribution in [2.24, 2.45) is 5.10 Å². The fraction of sp³-hybridized carbons (Fsp3) is 0.250. The van der Waals surface area contributed by atoms with Crippen molar-refractivity contribution in [1.82, 2.24) is 15.2 Å². The number of aromatic hydroxyl groups is 1.